The molecule has 2 rings (SSSR count). The van der Waals surface area contributed by atoms with Gasteiger partial charge < -0.3 is 19.5 Å². The van der Waals surface area contributed by atoms with Crippen molar-refractivity contribution in [2.75, 3.05) is 26.1 Å². The van der Waals surface area contributed by atoms with Crippen LogP contribution in [0.25, 0.3) is 0 Å². The smallest absolute Gasteiger partial charge is 0.262 e. The Bertz CT molecular complexity index is 681. The number of carbonyl (C=O) groups is 1. The van der Waals surface area contributed by atoms with E-state index in [0.29, 0.717) is 17.2 Å². The van der Waals surface area contributed by atoms with E-state index < -0.39 is 11.7 Å². The Morgan fingerprint density at radius 1 is 1.13 bits per heavy atom. The van der Waals surface area contributed by atoms with Gasteiger partial charge in [-0.15, -0.1) is 0 Å². The molecule has 0 atom stereocenters. The second kappa shape index (κ2) is 7.49. The standard InChI is InChI=1S/C17H18FNO4/c1-11-7-8-13(12(18)9-11)19-16(20)10-23-17-14(21-2)5-4-6-15(17)22-3/h4-9H,10H2,1-3H3,(H,19,20). The number of hydrogen-bond acceptors (Lipinski definition) is 4. The van der Waals surface area contributed by atoms with E-state index in [4.69, 9.17) is 14.2 Å². The van der Waals surface area contributed by atoms with Crippen molar-refractivity contribution in [2.45, 2.75) is 6.92 Å². The highest BCUT2D eigenvalue weighted by atomic mass is 19.1. The second-order valence-corrected chi connectivity index (χ2v) is 4.81. The van der Waals surface area contributed by atoms with E-state index in [1.54, 1.807) is 31.2 Å². The van der Waals surface area contributed by atoms with Crippen LogP contribution in [-0.4, -0.2) is 26.7 Å². The third-order valence-electron chi connectivity index (χ3n) is 3.13. The summed E-state index contributed by atoms with van der Waals surface area (Å²) in [6, 6.07) is 9.69. The summed E-state index contributed by atoms with van der Waals surface area (Å²) in [6.45, 7) is 1.47. The first-order valence-corrected chi connectivity index (χ1v) is 6.95. The lowest BCUT2D eigenvalue weighted by Crippen LogP contribution is -2.21. The molecular weight excluding hydrogens is 301 g/mol. The molecule has 6 heteroatoms. The molecule has 2 aromatic rings. The van der Waals surface area contributed by atoms with Crippen LogP contribution < -0.4 is 19.5 Å². The van der Waals surface area contributed by atoms with Crippen molar-refractivity contribution in [3.63, 3.8) is 0 Å². The number of ether oxygens (including phenoxy) is 3. The zero-order valence-electron chi connectivity index (χ0n) is 13.2. The zero-order valence-corrected chi connectivity index (χ0v) is 13.2. The molecule has 0 radical (unpaired) electrons. The maximum Gasteiger partial charge on any atom is 0.262 e. The van der Waals surface area contributed by atoms with Gasteiger partial charge in [0, 0.05) is 0 Å². The van der Waals surface area contributed by atoms with Gasteiger partial charge in [-0.25, -0.2) is 4.39 Å². The van der Waals surface area contributed by atoms with Crippen molar-refractivity contribution in [3.05, 3.63) is 47.8 Å². The third kappa shape index (κ3) is 4.12. The highest BCUT2D eigenvalue weighted by molar-refractivity contribution is 5.92. The van der Waals surface area contributed by atoms with Crippen LogP contribution >= 0.6 is 0 Å². The lowest BCUT2D eigenvalue weighted by atomic mass is 10.2. The molecule has 1 amide bonds. The molecule has 0 spiro atoms. The van der Waals surface area contributed by atoms with Crippen LogP contribution in [0.2, 0.25) is 0 Å². The SMILES string of the molecule is COc1cccc(OC)c1OCC(=O)Nc1ccc(C)cc1F. The number of rotatable bonds is 6. The Morgan fingerprint density at radius 2 is 1.78 bits per heavy atom. The predicted molar refractivity (Wildman–Crippen MR) is 84.8 cm³/mol. The fourth-order valence-corrected chi connectivity index (χ4v) is 2.00. The van der Waals surface area contributed by atoms with E-state index in [1.165, 1.54) is 26.4 Å². The summed E-state index contributed by atoms with van der Waals surface area (Å²) in [5.74, 6) is 0.225. The monoisotopic (exact) mass is 319 g/mol. The topological polar surface area (TPSA) is 56.8 Å². The first-order valence-electron chi connectivity index (χ1n) is 6.95. The molecule has 0 saturated carbocycles. The first kappa shape index (κ1) is 16.6. The molecule has 0 aliphatic carbocycles. The third-order valence-corrected chi connectivity index (χ3v) is 3.13. The van der Waals surface area contributed by atoms with E-state index in [1.807, 2.05) is 0 Å². The van der Waals surface area contributed by atoms with E-state index in [2.05, 4.69) is 5.32 Å². The summed E-state index contributed by atoms with van der Waals surface area (Å²) < 4.78 is 29.5. The van der Waals surface area contributed by atoms with E-state index in [0.717, 1.165) is 5.56 Å². The molecule has 23 heavy (non-hydrogen) atoms. The van der Waals surface area contributed by atoms with Crippen LogP contribution in [0.4, 0.5) is 10.1 Å². The van der Waals surface area contributed by atoms with Crippen molar-refractivity contribution in [1.82, 2.24) is 0 Å². The summed E-state index contributed by atoms with van der Waals surface area (Å²) in [4.78, 5) is 11.9. The minimum Gasteiger partial charge on any atom is -0.493 e. The Morgan fingerprint density at radius 3 is 2.35 bits per heavy atom. The molecule has 5 nitrogen and oxygen atoms in total. The lowest BCUT2D eigenvalue weighted by molar-refractivity contribution is -0.118. The van der Waals surface area contributed by atoms with Crippen LogP contribution in [0.3, 0.4) is 0 Å². The van der Waals surface area contributed by atoms with Crippen LogP contribution in [0, 0.1) is 12.7 Å². The Kier molecular flexibility index (Phi) is 5.41. The Hall–Kier alpha value is -2.76. The van der Waals surface area contributed by atoms with Crippen LogP contribution in [0.5, 0.6) is 17.2 Å². The number of carbonyl (C=O) groups excluding carboxylic acids is 1. The van der Waals surface area contributed by atoms with Gasteiger partial charge in [-0.2, -0.15) is 0 Å². The molecule has 0 aliphatic heterocycles. The summed E-state index contributed by atoms with van der Waals surface area (Å²) in [7, 11) is 2.98. The van der Waals surface area contributed by atoms with Gasteiger partial charge in [0.25, 0.3) is 5.91 Å². The normalized spacial score (nSPS) is 10.1. The zero-order chi connectivity index (χ0) is 16.8. The maximum atomic E-state index is 13.7. The van der Waals surface area contributed by atoms with Gasteiger partial charge in [-0.1, -0.05) is 12.1 Å². The average molecular weight is 319 g/mol. The molecule has 122 valence electrons. The maximum absolute atomic E-state index is 13.7. The molecule has 0 fully saturated rings. The molecule has 0 aromatic heterocycles. The summed E-state index contributed by atoms with van der Waals surface area (Å²) in [5, 5.41) is 2.46. The summed E-state index contributed by atoms with van der Waals surface area (Å²) in [5.41, 5.74) is 0.881. The largest absolute Gasteiger partial charge is 0.493 e. The molecule has 0 heterocycles. The number of anilines is 1. The molecule has 1 N–H and O–H groups in total. The number of halogens is 1. The van der Waals surface area contributed by atoms with Crippen LogP contribution in [-0.2, 0) is 4.79 Å². The van der Waals surface area contributed by atoms with Crippen molar-refractivity contribution in [3.8, 4) is 17.2 Å². The number of methoxy groups -OCH3 is 2. The van der Waals surface area contributed by atoms with Gasteiger partial charge >= 0.3 is 0 Å². The second-order valence-electron chi connectivity index (χ2n) is 4.81. The van der Waals surface area contributed by atoms with Gasteiger partial charge in [0.15, 0.2) is 18.1 Å². The highest BCUT2D eigenvalue weighted by Crippen LogP contribution is 2.36. The van der Waals surface area contributed by atoms with Crippen LogP contribution in [0.15, 0.2) is 36.4 Å². The fraction of sp³-hybridized carbons (Fsp3) is 0.235. The fourth-order valence-electron chi connectivity index (χ4n) is 2.00. The minimum atomic E-state index is -0.492. The summed E-state index contributed by atoms with van der Waals surface area (Å²) in [6.07, 6.45) is 0. The number of aryl methyl sites for hydroxylation is 1. The predicted octanol–water partition coefficient (Wildman–Crippen LogP) is 3.17. The van der Waals surface area contributed by atoms with Crippen molar-refractivity contribution in [2.24, 2.45) is 0 Å². The number of hydrogen-bond donors (Lipinski definition) is 1. The molecule has 0 saturated heterocycles. The Balaban J connectivity index is 2.05. The van der Waals surface area contributed by atoms with Gasteiger partial charge in [0.2, 0.25) is 5.75 Å². The van der Waals surface area contributed by atoms with E-state index in [-0.39, 0.29) is 12.3 Å². The van der Waals surface area contributed by atoms with Crippen molar-refractivity contribution >= 4 is 11.6 Å². The first-order chi connectivity index (χ1) is 11.0. The van der Waals surface area contributed by atoms with Gasteiger partial charge in [0.05, 0.1) is 19.9 Å². The molecular formula is C17H18FNO4. The van der Waals surface area contributed by atoms with Gasteiger partial charge in [-0.05, 0) is 36.8 Å². The average Bonchev–Trinajstić information content (AvgIpc) is 2.55. The quantitative estimate of drug-likeness (QED) is 0.888. The van der Waals surface area contributed by atoms with Crippen molar-refractivity contribution < 1.29 is 23.4 Å². The van der Waals surface area contributed by atoms with Crippen LogP contribution in [0.1, 0.15) is 5.56 Å². The number of para-hydroxylation sites is 1. The lowest BCUT2D eigenvalue weighted by Gasteiger charge is -2.14. The number of nitrogens with one attached hydrogen (secondary N) is 1. The number of benzene rings is 2. The number of amides is 1. The van der Waals surface area contributed by atoms with Gasteiger partial charge in [-0.3, -0.25) is 4.79 Å². The Labute approximate surface area is 134 Å². The van der Waals surface area contributed by atoms with E-state index in [9.17, 15) is 9.18 Å². The highest BCUT2D eigenvalue weighted by Gasteiger charge is 2.14. The molecule has 2 aromatic carbocycles. The summed E-state index contributed by atoms with van der Waals surface area (Å²) >= 11 is 0. The minimum absolute atomic E-state index is 0.108. The van der Waals surface area contributed by atoms with Crippen molar-refractivity contribution in [1.29, 1.82) is 0 Å². The molecule has 0 aliphatic rings. The van der Waals surface area contributed by atoms with E-state index >= 15 is 0 Å². The molecule has 0 bridgehead atoms. The molecule has 0 unspecified atom stereocenters. The van der Waals surface area contributed by atoms with Gasteiger partial charge in [0.1, 0.15) is 5.82 Å².